The summed E-state index contributed by atoms with van der Waals surface area (Å²) in [6.45, 7) is 6.91. The summed E-state index contributed by atoms with van der Waals surface area (Å²) in [5.74, 6) is -0.165. The highest BCUT2D eigenvalue weighted by Crippen LogP contribution is 2.21. The van der Waals surface area contributed by atoms with Crippen LogP contribution in [-0.2, 0) is 14.6 Å². The van der Waals surface area contributed by atoms with Gasteiger partial charge in [-0.3, -0.25) is 4.79 Å². The summed E-state index contributed by atoms with van der Waals surface area (Å²) in [5, 5.41) is -0.521. The van der Waals surface area contributed by atoms with Crippen LogP contribution < -0.4 is 5.73 Å². The van der Waals surface area contributed by atoms with Crippen molar-refractivity contribution < 1.29 is 13.2 Å². The van der Waals surface area contributed by atoms with E-state index in [1.807, 2.05) is 0 Å². The summed E-state index contributed by atoms with van der Waals surface area (Å²) >= 11 is 0. The molecule has 1 amide bonds. The molecule has 1 aliphatic rings. The van der Waals surface area contributed by atoms with Gasteiger partial charge in [0.1, 0.15) is 0 Å². The summed E-state index contributed by atoms with van der Waals surface area (Å²) in [4.78, 5) is 13.6. The molecule has 0 aromatic carbocycles. The minimum atomic E-state index is -3.06. The number of sulfone groups is 1. The standard InChI is InChI=1S/C10H20N2O3S/c1-7-8(2)16(14,15)6-5-12(7)9(13)10(3,4)11/h7-8H,5-6,11H2,1-4H3. The fourth-order valence-electron chi connectivity index (χ4n) is 1.83. The number of carbonyl (C=O) groups excluding carboxylic acids is 1. The first-order valence-corrected chi connectivity index (χ1v) is 7.10. The molecule has 2 unspecified atom stereocenters. The first-order valence-electron chi connectivity index (χ1n) is 5.39. The third-order valence-electron chi connectivity index (χ3n) is 3.17. The van der Waals surface area contributed by atoms with E-state index in [4.69, 9.17) is 5.73 Å². The highest BCUT2D eigenvalue weighted by Gasteiger charge is 2.40. The van der Waals surface area contributed by atoms with Crippen molar-refractivity contribution in [2.75, 3.05) is 12.3 Å². The van der Waals surface area contributed by atoms with Crippen molar-refractivity contribution in [3.63, 3.8) is 0 Å². The Bertz CT molecular complexity index is 383. The van der Waals surface area contributed by atoms with Crippen LogP contribution in [0.3, 0.4) is 0 Å². The molecular weight excluding hydrogens is 228 g/mol. The summed E-state index contributed by atoms with van der Waals surface area (Å²) in [5.41, 5.74) is 4.80. The van der Waals surface area contributed by atoms with Gasteiger partial charge in [0.15, 0.2) is 9.84 Å². The van der Waals surface area contributed by atoms with E-state index in [1.54, 1.807) is 32.6 Å². The molecule has 0 spiro atoms. The van der Waals surface area contributed by atoms with Gasteiger partial charge in [-0.25, -0.2) is 8.42 Å². The monoisotopic (exact) mass is 248 g/mol. The molecule has 1 rings (SSSR count). The largest absolute Gasteiger partial charge is 0.336 e. The lowest BCUT2D eigenvalue weighted by molar-refractivity contribution is -0.137. The van der Waals surface area contributed by atoms with E-state index < -0.39 is 20.6 Å². The number of carbonyl (C=O) groups is 1. The molecule has 1 saturated heterocycles. The second kappa shape index (κ2) is 4.00. The fourth-order valence-corrected chi connectivity index (χ4v) is 3.40. The summed E-state index contributed by atoms with van der Waals surface area (Å²) in [6, 6.07) is -0.311. The maximum absolute atomic E-state index is 12.0. The molecular formula is C10H20N2O3S. The lowest BCUT2D eigenvalue weighted by Crippen LogP contribution is -2.60. The molecule has 2 atom stereocenters. The molecule has 0 aliphatic carbocycles. The van der Waals surface area contributed by atoms with E-state index in [0.29, 0.717) is 0 Å². The van der Waals surface area contributed by atoms with Crippen molar-refractivity contribution in [2.24, 2.45) is 5.73 Å². The minimum Gasteiger partial charge on any atom is -0.336 e. The Morgan fingerprint density at radius 1 is 1.38 bits per heavy atom. The van der Waals surface area contributed by atoms with Gasteiger partial charge in [0.25, 0.3) is 0 Å². The van der Waals surface area contributed by atoms with Crippen LogP contribution in [-0.4, -0.2) is 48.4 Å². The van der Waals surface area contributed by atoms with Crippen LogP contribution in [0.2, 0.25) is 0 Å². The lowest BCUT2D eigenvalue weighted by atomic mass is 10.0. The molecule has 1 aliphatic heterocycles. The van der Waals surface area contributed by atoms with Crippen LogP contribution in [0.4, 0.5) is 0 Å². The molecule has 2 N–H and O–H groups in total. The van der Waals surface area contributed by atoms with Gasteiger partial charge in [-0.05, 0) is 27.7 Å². The van der Waals surface area contributed by atoms with Gasteiger partial charge in [0, 0.05) is 12.6 Å². The Hall–Kier alpha value is -0.620. The number of nitrogens with two attached hydrogens (primary N) is 1. The van der Waals surface area contributed by atoms with Gasteiger partial charge >= 0.3 is 0 Å². The molecule has 1 heterocycles. The fraction of sp³-hybridized carbons (Fsp3) is 0.900. The van der Waals surface area contributed by atoms with Gasteiger partial charge in [0.2, 0.25) is 5.91 Å². The van der Waals surface area contributed by atoms with Crippen LogP contribution in [0.15, 0.2) is 0 Å². The van der Waals surface area contributed by atoms with Crippen LogP contribution in [0.1, 0.15) is 27.7 Å². The Morgan fingerprint density at radius 3 is 2.31 bits per heavy atom. The predicted molar refractivity (Wildman–Crippen MR) is 62.7 cm³/mol. The zero-order valence-electron chi connectivity index (χ0n) is 10.2. The number of hydrogen-bond donors (Lipinski definition) is 1. The van der Waals surface area contributed by atoms with Crippen molar-refractivity contribution in [1.82, 2.24) is 4.90 Å². The summed E-state index contributed by atoms with van der Waals surface area (Å²) in [6.07, 6.45) is 0. The van der Waals surface area contributed by atoms with E-state index in [9.17, 15) is 13.2 Å². The maximum atomic E-state index is 12.0. The van der Waals surface area contributed by atoms with Gasteiger partial charge in [-0.2, -0.15) is 0 Å². The number of amides is 1. The van der Waals surface area contributed by atoms with Crippen molar-refractivity contribution in [3.8, 4) is 0 Å². The number of hydrogen-bond acceptors (Lipinski definition) is 4. The molecule has 6 heteroatoms. The Kier molecular flexibility index (Phi) is 3.36. The SMILES string of the molecule is CC1C(C)S(=O)(=O)CCN1C(=O)C(C)(C)N. The van der Waals surface area contributed by atoms with Crippen LogP contribution in [0.5, 0.6) is 0 Å². The van der Waals surface area contributed by atoms with E-state index in [2.05, 4.69) is 0 Å². The predicted octanol–water partition coefficient (Wildman–Crippen LogP) is -0.242. The van der Waals surface area contributed by atoms with Gasteiger partial charge in [-0.15, -0.1) is 0 Å². The molecule has 94 valence electrons. The van der Waals surface area contributed by atoms with Gasteiger partial charge in [-0.1, -0.05) is 0 Å². The first kappa shape index (κ1) is 13.4. The highest BCUT2D eigenvalue weighted by molar-refractivity contribution is 7.92. The molecule has 0 saturated carbocycles. The average molecular weight is 248 g/mol. The molecule has 0 aromatic rings. The second-order valence-corrected chi connectivity index (χ2v) is 7.51. The van der Waals surface area contributed by atoms with E-state index >= 15 is 0 Å². The van der Waals surface area contributed by atoms with Crippen molar-refractivity contribution >= 4 is 15.7 Å². The first-order chi connectivity index (χ1) is 7.07. The smallest absolute Gasteiger partial charge is 0.242 e. The summed E-state index contributed by atoms with van der Waals surface area (Å²) in [7, 11) is -3.06. The highest BCUT2D eigenvalue weighted by atomic mass is 32.2. The quantitative estimate of drug-likeness (QED) is 0.694. The van der Waals surface area contributed by atoms with Crippen molar-refractivity contribution in [3.05, 3.63) is 0 Å². The Labute approximate surface area is 96.9 Å². The van der Waals surface area contributed by atoms with Gasteiger partial charge < -0.3 is 10.6 Å². The molecule has 1 fully saturated rings. The third kappa shape index (κ3) is 2.38. The van der Waals surface area contributed by atoms with E-state index in [0.717, 1.165) is 0 Å². The van der Waals surface area contributed by atoms with E-state index in [-0.39, 0.29) is 24.2 Å². The average Bonchev–Trinajstić information content (AvgIpc) is 2.12. The Morgan fingerprint density at radius 2 is 1.88 bits per heavy atom. The zero-order chi connectivity index (χ0) is 12.7. The molecule has 0 radical (unpaired) electrons. The number of rotatable bonds is 1. The summed E-state index contributed by atoms with van der Waals surface area (Å²) < 4.78 is 23.3. The number of nitrogens with zero attached hydrogens (tertiary/aromatic N) is 1. The topological polar surface area (TPSA) is 80.5 Å². The van der Waals surface area contributed by atoms with Gasteiger partial charge in [0.05, 0.1) is 16.5 Å². The van der Waals surface area contributed by atoms with Crippen molar-refractivity contribution in [1.29, 1.82) is 0 Å². The Balaban J connectivity index is 2.93. The van der Waals surface area contributed by atoms with E-state index in [1.165, 1.54) is 0 Å². The lowest BCUT2D eigenvalue weighted by Gasteiger charge is -2.40. The molecule has 5 nitrogen and oxygen atoms in total. The second-order valence-electron chi connectivity index (χ2n) is 5.03. The maximum Gasteiger partial charge on any atom is 0.242 e. The van der Waals surface area contributed by atoms with Crippen LogP contribution in [0.25, 0.3) is 0 Å². The normalized spacial score (nSPS) is 30.2. The third-order valence-corrected chi connectivity index (χ3v) is 5.44. The van der Waals surface area contributed by atoms with Crippen LogP contribution >= 0.6 is 0 Å². The molecule has 16 heavy (non-hydrogen) atoms. The zero-order valence-corrected chi connectivity index (χ0v) is 11.0. The molecule has 0 bridgehead atoms. The minimum absolute atomic E-state index is 0.0281. The van der Waals surface area contributed by atoms with Crippen molar-refractivity contribution in [2.45, 2.75) is 44.5 Å². The van der Waals surface area contributed by atoms with Crippen LogP contribution in [0, 0.1) is 0 Å². The molecule has 0 aromatic heterocycles.